The van der Waals surface area contributed by atoms with Gasteiger partial charge in [0.25, 0.3) is 0 Å². The number of ether oxygens (including phenoxy) is 1. The molecule has 2 heteroatoms. The maximum Gasteiger partial charge on any atom is 0.0716 e. The summed E-state index contributed by atoms with van der Waals surface area (Å²) in [4.78, 5) is 0. The monoisotopic (exact) mass is 139 g/mol. The Bertz CT molecular complexity index is 150. The lowest BCUT2D eigenvalue weighted by molar-refractivity contribution is 0.104. The van der Waals surface area contributed by atoms with E-state index in [4.69, 9.17) is 16.9 Å². The molecule has 0 aromatic rings. The molecule has 0 spiro atoms. The van der Waals surface area contributed by atoms with Gasteiger partial charge in [0, 0.05) is 12.5 Å². The Balaban J connectivity index is 2.48. The van der Waals surface area contributed by atoms with E-state index in [0.717, 1.165) is 13.0 Å². The molecule has 1 aliphatic heterocycles. The van der Waals surface area contributed by atoms with Gasteiger partial charge in [0.1, 0.15) is 0 Å². The SMILES string of the molecule is C#CC(N)C1CCOC1C. The highest BCUT2D eigenvalue weighted by molar-refractivity contribution is 5.02. The molecular formula is C8H13NO. The highest BCUT2D eigenvalue weighted by Gasteiger charge is 2.28. The Morgan fingerprint density at radius 3 is 2.90 bits per heavy atom. The first-order valence-electron chi connectivity index (χ1n) is 3.59. The molecule has 1 fully saturated rings. The third kappa shape index (κ3) is 1.31. The van der Waals surface area contributed by atoms with Gasteiger partial charge in [-0.2, -0.15) is 0 Å². The van der Waals surface area contributed by atoms with Crippen molar-refractivity contribution in [1.82, 2.24) is 0 Å². The van der Waals surface area contributed by atoms with Gasteiger partial charge in [-0.25, -0.2) is 0 Å². The summed E-state index contributed by atoms with van der Waals surface area (Å²) in [6.07, 6.45) is 6.43. The fourth-order valence-corrected chi connectivity index (χ4v) is 1.34. The van der Waals surface area contributed by atoms with Gasteiger partial charge in [-0.3, -0.25) is 0 Å². The number of hydrogen-bond donors (Lipinski definition) is 1. The Morgan fingerprint density at radius 1 is 1.80 bits per heavy atom. The largest absolute Gasteiger partial charge is 0.378 e. The summed E-state index contributed by atoms with van der Waals surface area (Å²) in [5.74, 6) is 2.90. The lowest BCUT2D eigenvalue weighted by Gasteiger charge is -2.16. The molecule has 3 atom stereocenters. The van der Waals surface area contributed by atoms with Gasteiger partial charge in [0.2, 0.25) is 0 Å². The molecule has 10 heavy (non-hydrogen) atoms. The summed E-state index contributed by atoms with van der Waals surface area (Å²) < 4.78 is 5.31. The normalized spacial score (nSPS) is 35.3. The minimum atomic E-state index is -0.127. The van der Waals surface area contributed by atoms with E-state index in [2.05, 4.69) is 5.92 Å². The van der Waals surface area contributed by atoms with Gasteiger partial charge in [0.05, 0.1) is 12.1 Å². The second-order valence-corrected chi connectivity index (χ2v) is 2.72. The number of rotatable bonds is 1. The van der Waals surface area contributed by atoms with Crippen LogP contribution in [0.2, 0.25) is 0 Å². The van der Waals surface area contributed by atoms with Crippen molar-refractivity contribution >= 4 is 0 Å². The van der Waals surface area contributed by atoms with Crippen LogP contribution in [0.25, 0.3) is 0 Å². The van der Waals surface area contributed by atoms with Gasteiger partial charge < -0.3 is 10.5 Å². The average molecular weight is 139 g/mol. The first-order valence-corrected chi connectivity index (χ1v) is 3.59. The maximum atomic E-state index is 5.65. The zero-order valence-electron chi connectivity index (χ0n) is 6.21. The van der Waals surface area contributed by atoms with Crippen LogP contribution in [-0.4, -0.2) is 18.8 Å². The molecule has 0 radical (unpaired) electrons. The molecule has 0 aliphatic carbocycles. The van der Waals surface area contributed by atoms with Gasteiger partial charge in [-0.1, -0.05) is 5.92 Å². The third-order valence-electron chi connectivity index (χ3n) is 2.09. The van der Waals surface area contributed by atoms with Crippen molar-refractivity contribution in [2.24, 2.45) is 11.7 Å². The standard InChI is InChI=1S/C8H13NO/c1-3-8(9)7-4-5-10-6(7)2/h1,6-8H,4-5,9H2,2H3. The van der Waals surface area contributed by atoms with Crippen molar-refractivity contribution in [3.8, 4) is 12.3 Å². The fourth-order valence-electron chi connectivity index (χ4n) is 1.34. The molecule has 0 amide bonds. The Labute approximate surface area is 61.7 Å². The van der Waals surface area contributed by atoms with Crippen LogP contribution in [0.15, 0.2) is 0 Å². The summed E-state index contributed by atoms with van der Waals surface area (Å²) in [7, 11) is 0. The highest BCUT2D eigenvalue weighted by Crippen LogP contribution is 2.22. The van der Waals surface area contributed by atoms with E-state index in [1.165, 1.54) is 0 Å². The topological polar surface area (TPSA) is 35.2 Å². The van der Waals surface area contributed by atoms with Crippen molar-refractivity contribution < 1.29 is 4.74 Å². The molecule has 2 nitrogen and oxygen atoms in total. The maximum absolute atomic E-state index is 5.65. The molecule has 1 rings (SSSR count). The molecule has 1 heterocycles. The van der Waals surface area contributed by atoms with Crippen LogP contribution < -0.4 is 5.73 Å². The van der Waals surface area contributed by atoms with Crippen LogP contribution in [0, 0.1) is 18.3 Å². The lowest BCUT2D eigenvalue weighted by Crippen LogP contribution is -2.32. The van der Waals surface area contributed by atoms with Crippen molar-refractivity contribution in [2.75, 3.05) is 6.61 Å². The molecule has 0 aromatic carbocycles. The predicted molar refractivity (Wildman–Crippen MR) is 40.3 cm³/mol. The van der Waals surface area contributed by atoms with E-state index in [9.17, 15) is 0 Å². The van der Waals surface area contributed by atoms with Crippen molar-refractivity contribution in [1.29, 1.82) is 0 Å². The zero-order chi connectivity index (χ0) is 7.56. The van der Waals surface area contributed by atoms with E-state index in [1.807, 2.05) is 6.92 Å². The first kappa shape index (κ1) is 7.59. The minimum Gasteiger partial charge on any atom is -0.378 e. The number of hydrogen-bond acceptors (Lipinski definition) is 2. The Morgan fingerprint density at radius 2 is 2.50 bits per heavy atom. The highest BCUT2D eigenvalue weighted by atomic mass is 16.5. The molecule has 3 unspecified atom stereocenters. The van der Waals surface area contributed by atoms with Crippen molar-refractivity contribution in [2.45, 2.75) is 25.5 Å². The van der Waals surface area contributed by atoms with Crippen LogP contribution >= 0.6 is 0 Å². The first-order chi connectivity index (χ1) is 4.75. The van der Waals surface area contributed by atoms with Crippen LogP contribution in [-0.2, 0) is 4.74 Å². The molecule has 56 valence electrons. The van der Waals surface area contributed by atoms with E-state index >= 15 is 0 Å². The van der Waals surface area contributed by atoms with Gasteiger partial charge in [0.15, 0.2) is 0 Å². The molecule has 1 saturated heterocycles. The molecule has 2 N–H and O–H groups in total. The van der Waals surface area contributed by atoms with Crippen molar-refractivity contribution in [3.63, 3.8) is 0 Å². The van der Waals surface area contributed by atoms with Crippen molar-refractivity contribution in [3.05, 3.63) is 0 Å². The molecule has 0 bridgehead atoms. The van der Waals surface area contributed by atoms with Gasteiger partial charge in [-0.05, 0) is 13.3 Å². The number of nitrogens with two attached hydrogens (primary N) is 1. The van der Waals surface area contributed by atoms with Gasteiger partial charge in [-0.15, -0.1) is 6.42 Å². The molecular weight excluding hydrogens is 126 g/mol. The summed E-state index contributed by atoms with van der Waals surface area (Å²) >= 11 is 0. The predicted octanol–water partition coefficient (Wildman–Crippen LogP) is 0.372. The van der Waals surface area contributed by atoms with Crippen LogP contribution in [0.3, 0.4) is 0 Å². The zero-order valence-corrected chi connectivity index (χ0v) is 6.21. The molecule has 0 saturated carbocycles. The summed E-state index contributed by atoms with van der Waals surface area (Å²) in [6, 6.07) is -0.127. The Hall–Kier alpha value is -0.520. The third-order valence-corrected chi connectivity index (χ3v) is 2.09. The average Bonchev–Trinajstić information content (AvgIpc) is 2.34. The second kappa shape index (κ2) is 3.05. The second-order valence-electron chi connectivity index (χ2n) is 2.72. The van der Waals surface area contributed by atoms with Crippen LogP contribution in [0.1, 0.15) is 13.3 Å². The van der Waals surface area contributed by atoms with E-state index < -0.39 is 0 Å². The fraction of sp³-hybridized carbons (Fsp3) is 0.750. The molecule has 0 aromatic heterocycles. The molecule has 1 aliphatic rings. The van der Waals surface area contributed by atoms with Crippen LogP contribution in [0.4, 0.5) is 0 Å². The summed E-state index contributed by atoms with van der Waals surface area (Å²) in [6.45, 7) is 2.83. The van der Waals surface area contributed by atoms with E-state index in [0.29, 0.717) is 5.92 Å². The minimum absolute atomic E-state index is 0.127. The van der Waals surface area contributed by atoms with E-state index in [1.54, 1.807) is 0 Å². The number of terminal acetylenes is 1. The van der Waals surface area contributed by atoms with Crippen LogP contribution in [0.5, 0.6) is 0 Å². The Kier molecular flexibility index (Phi) is 2.31. The smallest absolute Gasteiger partial charge is 0.0716 e. The quantitative estimate of drug-likeness (QED) is 0.533. The lowest BCUT2D eigenvalue weighted by atomic mass is 9.95. The van der Waals surface area contributed by atoms with Gasteiger partial charge >= 0.3 is 0 Å². The summed E-state index contributed by atoms with van der Waals surface area (Å²) in [5, 5.41) is 0. The summed E-state index contributed by atoms with van der Waals surface area (Å²) in [5.41, 5.74) is 5.65. The van der Waals surface area contributed by atoms with E-state index in [-0.39, 0.29) is 12.1 Å².